The van der Waals surface area contributed by atoms with E-state index in [0.717, 1.165) is 16.5 Å². The van der Waals surface area contributed by atoms with Crippen molar-refractivity contribution in [3.63, 3.8) is 0 Å². The van der Waals surface area contributed by atoms with Gasteiger partial charge in [0.2, 0.25) is 0 Å². The Balaban J connectivity index is 2.12. The number of hydrogen-bond donors (Lipinski definition) is 1. The Labute approximate surface area is 160 Å². The summed E-state index contributed by atoms with van der Waals surface area (Å²) in [7, 11) is 0. The van der Waals surface area contributed by atoms with Gasteiger partial charge in [0, 0.05) is 5.39 Å². The molecule has 0 amide bonds. The van der Waals surface area contributed by atoms with E-state index < -0.39 is 6.04 Å². The number of hydrogen-bond acceptors (Lipinski definition) is 4. The van der Waals surface area contributed by atoms with Crippen LogP contribution in [0.5, 0.6) is 5.75 Å². The molecule has 130 valence electrons. The van der Waals surface area contributed by atoms with Gasteiger partial charge in [-0.05, 0) is 30.7 Å². The molecule has 4 nitrogen and oxygen atoms in total. The third-order valence-corrected chi connectivity index (χ3v) is 4.56. The van der Waals surface area contributed by atoms with Crippen molar-refractivity contribution in [1.82, 2.24) is 9.97 Å². The summed E-state index contributed by atoms with van der Waals surface area (Å²) in [6, 6.07) is 10.6. The Kier molecular flexibility index (Phi) is 5.64. The number of halogens is 3. The Morgan fingerprint density at radius 2 is 1.80 bits per heavy atom. The van der Waals surface area contributed by atoms with E-state index in [2.05, 4.69) is 9.97 Å². The largest absolute Gasteiger partial charge is 0.491 e. The van der Waals surface area contributed by atoms with E-state index in [4.69, 9.17) is 45.3 Å². The molecule has 7 heteroatoms. The summed E-state index contributed by atoms with van der Waals surface area (Å²) in [5, 5.41) is 1.69. The topological polar surface area (TPSA) is 61.0 Å². The first-order valence-electron chi connectivity index (χ1n) is 7.74. The van der Waals surface area contributed by atoms with Crippen molar-refractivity contribution >= 4 is 45.7 Å². The summed E-state index contributed by atoms with van der Waals surface area (Å²) in [5.41, 5.74) is 8.69. The van der Waals surface area contributed by atoms with Crippen molar-refractivity contribution in [3.05, 3.63) is 63.5 Å². The van der Waals surface area contributed by atoms with Crippen molar-refractivity contribution < 1.29 is 4.74 Å². The number of benzene rings is 2. The third-order valence-electron chi connectivity index (χ3n) is 3.76. The van der Waals surface area contributed by atoms with E-state index in [0.29, 0.717) is 33.9 Å². The van der Waals surface area contributed by atoms with Crippen LogP contribution in [0.2, 0.25) is 10.0 Å². The second-order valence-corrected chi connectivity index (χ2v) is 6.48. The molecular formula is C18H16Cl3N3O. The van der Waals surface area contributed by atoms with Crippen LogP contribution in [0, 0.1) is 0 Å². The lowest BCUT2D eigenvalue weighted by molar-refractivity contribution is 0.340. The van der Waals surface area contributed by atoms with Crippen LogP contribution in [0.25, 0.3) is 10.9 Å². The van der Waals surface area contributed by atoms with Gasteiger partial charge in [0.1, 0.15) is 5.82 Å². The third kappa shape index (κ3) is 3.67. The van der Waals surface area contributed by atoms with E-state index >= 15 is 0 Å². The molecule has 25 heavy (non-hydrogen) atoms. The van der Waals surface area contributed by atoms with E-state index in [1.54, 1.807) is 12.1 Å². The maximum atomic E-state index is 6.48. The Hall–Kier alpha value is -1.59. The zero-order valence-corrected chi connectivity index (χ0v) is 15.7. The number of alkyl halides is 1. The highest BCUT2D eigenvalue weighted by atomic mass is 35.5. The quantitative estimate of drug-likeness (QED) is 0.608. The van der Waals surface area contributed by atoms with Gasteiger partial charge >= 0.3 is 0 Å². The highest BCUT2D eigenvalue weighted by molar-refractivity contribution is 6.37. The molecule has 0 saturated carbocycles. The van der Waals surface area contributed by atoms with Crippen molar-refractivity contribution in [2.24, 2.45) is 5.73 Å². The fourth-order valence-corrected chi connectivity index (χ4v) is 3.38. The van der Waals surface area contributed by atoms with Crippen molar-refractivity contribution in [2.75, 3.05) is 6.61 Å². The summed E-state index contributed by atoms with van der Waals surface area (Å²) < 4.78 is 5.47. The average Bonchev–Trinajstić information content (AvgIpc) is 2.63. The van der Waals surface area contributed by atoms with Crippen LogP contribution in [0.3, 0.4) is 0 Å². The van der Waals surface area contributed by atoms with Crippen LogP contribution < -0.4 is 10.5 Å². The zero-order chi connectivity index (χ0) is 18.0. The van der Waals surface area contributed by atoms with Crippen LogP contribution in [0.1, 0.15) is 30.0 Å². The van der Waals surface area contributed by atoms with Gasteiger partial charge in [-0.2, -0.15) is 0 Å². The summed E-state index contributed by atoms with van der Waals surface area (Å²) in [6.45, 7) is 2.34. The van der Waals surface area contributed by atoms with Crippen LogP contribution in [-0.4, -0.2) is 16.6 Å². The molecule has 0 aliphatic rings. The first-order valence-corrected chi connectivity index (χ1v) is 9.03. The lowest BCUT2D eigenvalue weighted by atomic mass is 10.0. The molecular weight excluding hydrogens is 381 g/mol. The van der Waals surface area contributed by atoms with Crippen LogP contribution in [0.4, 0.5) is 0 Å². The van der Waals surface area contributed by atoms with Crippen molar-refractivity contribution in [2.45, 2.75) is 18.8 Å². The van der Waals surface area contributed by atoms with E-state index in [-0.39, 0.29) is 5.88 Å². The Morgan fingerprint density at radius 1 is 1.12 bits per heavy atom. The number of ether oxygens (including phenoxy) is 1. The van der Waals surface area contributed by atoms with E-state index in [1.165, 1.54) is 0 Å². The highest BCUT2D eigenvalue weighted by Gasteiger charge is 2.19. The lowest BCUT2D eigenvalue weighted by Crippen LogP contribution is -2.16. The molecule has 3 aromatic rings. The molecule has 0 aliphatic carbocycles. The number of nitrogens with zero attached hydrogens (tertiary/aromatic N) is 2. The minimum absolute atomic E-state index is 0.204. The van der Waals surface area contributed by atoms with Gasteiger partial charge in [-0.1, -0.05) is 41.4 Å². The SMILES string of the molecule is CCOc1c(Cl)cc(C(N)c2nc(CCl)nc3ccccc23)cc1Cl. The van der Waals surface area contributed by atoms with Crippen molar-refractivity contribution in [3.8, 4) is 5.75 Å². The van der Waals surface area contributed by atoms with Crippen molar-refractivity contribution in [1.29, 1.82) is 0 Å². The van der Waals surface area contributed by atoms with Gasteiger partial charge in [0.25, 0.3) is 0 Å². The lowest BCUT2D eigenvalue weighted by Gasteiger charge is -2.17. The highest BCUT2D eigenvalue weighted by Crippen LogP contribution is 2.37. The molecule has 2 N–H and O–H groups in total. The van der Waals surface area contributed by atoms with Gasteiger partial charge < -0.3 is 10.5 Å². The molecule has 1 unspecified atom stereocenters. The van der Waals surface area contributed by atoms with Gasteiger partial charge in [0.05, 0.1) is 39.8 Å². The molecule has 1 heterocycles. The summed E-state index contributed by atoms with van der Waals surface area (Å²) in [6.07, 6.45) is 0. The summed E-state index contributed by atoms with van der Waals surface area (Å²) >= 11 is 18.5. The number of para-hydroxylation sites is 1. The first kappa shape index (κ1) is 18.2. The van der Waals surface area contributed by atoms with Crippen LogP contribution >= 0.6 is 34.8 Å². The predicted octanol–water partition coefficient (Wildman–Crippen LogP) is 5.12. The number of rotatable bonds is 5. The fraction of sp³-hybridized carbons (Fsp3) is 0.222. The van der Waals surface area contributed by atoms with Gasteiger partial charge in [-0.3, -0.25) is 0 Å². The minimum atomic E-state index is -0.527. The standard InChI is InChI=1S/C18H16Cl3N3O/c1-2-25-18-12(20)7-10(8-13(18)21)16(22)17-11-5-3-4-6-14(11)23-15(9-19)24-17/h3-8,16H,2,9,22H2,1H3. The molecule has 0 saturated heterocycles. The maximum absolute atomic E-state index is 6.48. The molecule has 0 bridgehead atoms. The van der Waals surface area contributed by atoms with Gasteiger partial charge in [-0.15, -0.1) is 11.6 Å². The molecule has 0 spiro atoms. The first-order chi connectivity index (χ1) is 12.0. The monoisotopic (exact) mass is 395 g/mol. The fourth-order valence-electron chi connectivity index (χ4n) is 2.65. The molecule has 1 aromatic heterocycles. The number of nitrogens with two attached hydrogens (primary N) is 1. The van der Waals surface area contributed by atoms with Crippen LogP contribution in [0.15, 0.2) is 36.4 Å². The summed E-state index contributed by atoms with van der Waals surface area (Å²) in [4.78, 5) is 8.96. The predicted molar refractivity (Wildman–Crippen MR) is 103 cm³/mol. The molecule has 0 fully saturated rings. The normalized spacial score (nSPS) is 12.4. The smallest absolute Gasteiger partial charge is 0.156 e. The van der Waals surface area contributed by atoms with Crippen LogP contribution in [-0.2, 0) is 5.88 Å². The minimum Gasteiger partial charge on any atom is -0.491 e. The molecule has 2 aromatic carbocycles. The zero-order valence-electron chi connectivity index (χ0n) is 13.5. The maximum Gasteiger partial charge on any atom is 0.156 e. The summed E-state index contributed by atoms with van der Waals surface area (Å²) in [5.74, 6) is 1.18. The molecule has 0 radical (unpaired) electrons. The molecule has 3 rings (SSSR count). The molecule has 0 aliphatic heterocycles. The van der Waals surface area contributed by atoms with E-state index in [9.17, 15) is 0 Å². The number of fused-ring (bicyclic) bond motifs is 1. The average molecular weight is 397 g/mol. The van der Waals surface area contributed by atoms with Gasteiger partial charge in [-0.25, -0.2) is 9.97 Å². The van der Waals surface area contributed by atoms with Gasteiger partial charge in [0.15, 0.2) is 5.75 Å². The Bertz CT molecular complexity index is 894. The molecule has 1 atom stereocenters. The Morgan fingerprint density at radius 3 is 2.44 bits per heavy atom. The number of aromatic nitrogens is 2. The van der Waals surface area contributed by atoms with E-state index in [1.807, 2.05) is 31.2 Å². The second kappa shape index (κ2) is 7.75. The second-order valence-electron chi connectivity index (χ2n) is 5.40.